The van der Waals surface area contributed by atoms with E-state index in [9.17, 15) is 0 Å². The predicted molar refractivity (Wildman–Crippen MR) is 18.1 cm³/mol. The third-order valence-electron chi connectivity index (χ3n) is 0.125. The molecular weight excluding hydrogens is 142 g/mol. The second-order valence-electron chi connectivity index (χ2n) is 0.372. The van der Waals surface area contributed by atoms with Crippen LogP contribution in [0.15, 0.2) is 0 Å². The number of hydrogen-bond acceptors (Lipinski definition) is 3. The summed E-state index contributed by atoms with van der Waals surface area (Å²) in [5, 5.41) is 10.6. The first-order chi connectivity index (χ1) is 2.91. The van der Waals surface area contributed by atoms with Crippen LogP contribution in [0.5, 0.6) is 0 Å². The van der Waals surface area contributed by atoms with Crippen molar-refractivity contribution in [2.45, 2.75) is 0 Å². The fraction of sp³-hybridized carbons (Fsp3) is 0. The Morgan fingerprint density at radius 1 is 1.83 bits per heavy atom. The van der Waals surface area contributed by atoms with Crippen molar-refractivity contribution in [3.8, 4) is 0 Å². The molecular formula is HBO3SV. The second-order valence-corrected chi connectivity index (χ2v) is 1.76. The summed E-state index contributed by atoms with van der Waals surface area (Å²) in [5.41, 5.74) is 0. The second kappa shape index (κ2) is 5.75. The van der Waals surface area contributed by atoms with Crippen LogP contribution in [0.3, 0.4) is 0 Å². The van der Waals surface area contributed by atoms with Crippen LogP contribution in [0.25, 0.3) is 0 Å². The number of rotatable bonds is 2. The van der Waals surface area contributed by atoms with Crippen LogP contribution >= 0.6 is 8.84 Å². The summed E-state index contributed by atoms with van der Waals surface area (Å²) in [7, 11) is 1.23. The molecule has 0 aliphatic rings. The van der Waals surface area contributed by atoms with Gasteiger partial charge in [-0.2, -0.15) is 0 Å². The van der Waals surface area contributed by atoms with E-state index in [2.05, 4.69) is 25.6 Å². The summed E-state index contributed by atoms with van der Waals surface area (Å²) in [6, 6.07) is 0. The van der Waals surface area contributed by atoms with Crippen molar-refractivity contribution < 1.29 is 30.8 Å². The molecule has 0 saturated heterocycles. The van der Waals surface area contributed by atoms with E-state index >= 15 is 0 Å². The van der Waals surface area contributed by atoms with Crippen molar-refractivity contribution in [3.05, 3.63) is 0 Å². The molecule has 0 amide bonds. The summed E-state index contributed by atoms with van der Waals surface area (Å²) in [6.07, 6.45) is 1.22. The molecule has 3 nitrogen and oxygen atoms in total. The van der Waals surface area contributed by atoms with Gasteiger partial charge >= 0.3 is 46.0 Å². The van der Waals surface area contributed by atoms with E-state index in [1.54, 1.807) is 0 Å². The Balaban J connectivity index is 2.86. The van der Waals surface area contributed by atoms with Gasteiger partial charge in [0.15, 0.2) is 0 Å². The summed E-state index contributed by atoms with van der Waals surface area (Å²) < 4.78 is 0. The van der Waals surface area contributed by atoms with Crippen molar-refractivity contribution in [2.75, 3.05) is 0 Å². The van der Waals surface area contributed by atoms with Crippen LogP contribution in [-0.2, 0) is 25.6 Å². The van der Waals surface area contributed by atoms with Crippen LogP contribution < -0.4 is 0 Å². The Bertz CT molecular complexity index is 67.2. The first-order valence-corrected chi connectivity index (χ1v) is 3.55. The van der Waals surface area contributed by atoms with Crippen LogP contribution in [-0.4, -0.2) is 11.6 Å². The first kappa shape index (κ1) is 6.75. The fourth-order valence-corrected chi connectivity index (χ4v) is 0.270. The van der Waals surface area contributed by atoms with Gasteiger partial charge in [-0.15, -0.1) is 0 Å². The van der Waals surface area contributed by atoms with Gasteiger partial charge in [0.2, 0.25) is 0 Å². The van der Waals surface area contributed by atoms with E-state index in [-0.39, 0.29) is 0 Å². The molecule has 0 aromatic rings. The van der Waals surface area contributed by atoms with Crippen molar-refractivity contribution in [1.29, 1.82) is 0 Å². The van der Waals surface area contributed by atoms with Crippen LogP contribution in [0, 0.1) is 0 Å². The monoisotopic (exact) mass is 143 g/mol. The molecule has 0 fully saturated rings. The molecule has 0 atom stereocenters. The van der Waals surface area contributed by atoms with Crippen molar-refractivity contribution in [1.82, 2.24) is 0 Å². The van der Waals surface area contributed by atoms with Crippen LogP contribution in [0.1, 0.15) is 0 Å². The molecule has 6 heavy (non-hydrogen) atoms. The summed E-state index contributed by atoms with van der Waals surface area (Å²) in [5.74, 6) is 0. The third kappa shape index (κ3) is 4.75. The van der Waals surface area contributed by atoms with E-state index in [1.165, 1.54) is 15.2 Å². The summed E-state index contributed by atoms with van der Waals surface area (Å²) >= 11 is 2.15. The van der Waals surface area contributed by atoms with Crippen LogP contribution in [0.4, 0.5) is 0 Å². The first-order valence-electron chi connectivity index (χ1n) is 1.00. The summed E-state index contributed by atoms with van der Waals surface area (Å²) in [6.45, 7) is 0. The van der Waals surface area contributed by atoms with Crippen molar-refractivity contribution in [2.24, 2.45) is 0 Å². The van der Waals surface area contributed by atoms with E-state index in [0.29, 0.717) is 0 Å². The minimum absolute atomic E-state index is 1.22. The van der Waals surface area contributed by atoms with Gasteiger partial charge in [0.25, 0.3) is 0 Å². The molecule has 0 aromatic carbocycles. The molecule has 1 N–H and O–H groups in total. The van der Waals surface area contributed by atoms with Gasteiger partial charge < -0.3 is 0 Å². The number of hydrogen-bond donors (Lipinski definition) is 1. The molecule has 6 heteroatoms. The predicted octanol–water partition coefficient (Wildman–Crippen LogP) is 0.137. The molecule has 0 spiro atoms. The Morgan fingerprint density at radius 3 is 2.67 bits per heavy atom. The average molecular weight is 143 g/mol. The Labute approximate surface area is 46.5 Å². The Hall–Kier alpha value is 0.749. The standard InChI is InChI=1S/BHO3S.V/c2-4-3-1-5;/h2H;. The minimum atomic E-state index is 1.22. The van der Waals surface area contributed by atoms with Gasteiger partial charge in [0.05, 0.1) is 0 Å². The average Bonchev–Trinajstić information content (AvgIpc) is 1.61. The van der Waals surface area contributed by atoms with Crippen LogP contribution in [0.2, 0.25) is 0 Å². The van der Waals surface area contributed by atoms with Gasteiger partial charge in [0, 0.05) is 0 Å². The third-order valence-corrected chi connectivity index (χ3v) is 0.693. The molecule has 0 radical (unpaired) electrons. The van der Waals surface area contributed by atoms with E-state index < -0.39 is 0 Å². The van der Waals surface area contributed by atoms with Gasteiger partial charge in [0.1, 0.15) is 0 Å². The molecule has 0 heterocycles. The molecule has 0 rings (SSSR count). The van der Waals surface area contributed by atoms with E-state index in [0.717, 1.165) is 0 Å². The zero-order chi connectivity index (χ0) is 4.83. The fourth-order valence-electron chi connectivity index (χ4n) is 0.0351. The van der Waals surface area contributed by atoms with Gasteiger partial charge in [-0.05, 0) is 0 Å². The zero-order valence-corrected chi connectivity index (χ0v) is 4.91. The molecule has 0 aromatic heterocycles. The maximum atomic E-state index is 7.42. The molecule has 0 aliphatic heterocycles. The zero-order valence-electron chi connectivity index (χ0n) is 2.70. The van der Waals surface area contributed by atoms with E-state index in [4.69, 9.17) is 5.26 Å². The molecule has 0 unspecified atom stereocenters. The molecule has 33 valence electrons. The quantitative estimate of drug-likeness (QED) is 0.339. The van der Waals surface area contributed by atoms with Crippen molar-refractivity contribution in [3.63, 3.8) is 0 Å². The Morgan fingerprint density at radius 2 is 2.50 bits per heavy atom. The Kier molecular flexibility index (Phi) is 6.47. The van der Waals surface area contributed by atoms with Crippen molar-refractivity contribution >= 4 is 15.2 Å². The van der Waals surface area contributed by atoms with E-state index in [1.807, 2.05) is 0 Å². The SMILES string of the molecule is OOOB=[S]=[V]. The normalized spacial score (nSPS) is 6.67. The topological polar surface area (TPSA) is 38.7 Å². The molecule has 0 aliphatic carbocycles. The maximum absolute atomic E-state index is 7.42. The summed E-state index contributed by atoms with van der Waals surface area (Å²) in [4.78, 5) is 3.86. The van der Waals surface area contributed by atoms with Gasteiger partial charge in [-0.1, -0.05) is 0 Å². The van der Waals surface area contributed by atoms with Gasteiger partial charge in [-0.25, -0.2) is 0 Å². The molecule has 0 bridgehead atoms. The van der Waals surface area contributed by atoms with Gasteiger partial charge in [-0.3, -0.25) is 0 Å². The molecule has 0 saturated carbocycles.